The van der Waals surface area contributed by atoms with E-state index >= 15 is 0 Å². The number of carbonyl (C=O) groups is 2. The Balaban J connectivity index is -0.000000288. The van der Waals surface area contributed by atoms with E-state index in [2.05, 4.69) is 26.3 Å². The molecule has 0 N–H and O–H groups in total. The average Bonchev–Trinajstić information content (AvgIpc) is 2.39. The minimum atomic E-state index is -1.55. The normalized spacial score (nSPS) is 9.10. The summed E-state index contributed by atoms with van der Waals surface area (Å²) in [6.07, 6.45) is 7.21. The first-order chi connectivity index (χ1) is 8.90. The molecule has 6 heteroatoms. The predicted octanol–water partition coefficient (Wildman–Crippen LogP) is -0.854. The van der Waals surface area contributed by atoms with Gasteiger partial charge in [0.15, 0.2) is 0 Å². The molecule has 0 bridgehead atoms. The Morgan fingerprint density at radius 3 is 1.20 bits per heavy atom. The Kier molecular flexibility index (Phi) is 19.0. The van der Waals surface area contributed by atoms with Crippen molar-refractivity contribution in [1.29, 1.82) is 0 Å². The topological polar surface area (TPSA) is 89.5 Å². The number of carboxylic acids is 2. The third kappa shape index (κ3) is 16.9. The summed E-state index contributed by atoms with van der Waals surface area (Å²) >= 11 is 0. The molecular formula is C14H16CaO5. The fourth-order valence-electron chi connectivity index (χ4n) is 0.732. The maximum Gasteiger partial charge on any atom is 2.00 e. The van der Waals surface area contributed by atoms with Gasteiger partial charge >= 0.3 is 37.7 Å². The first kappa shape index (κ1) is 23.9. The van der Waals surface area contributed by atoms with E-state index in [1.807, 2.05) is 0 Å². The summed E-state index contributed by atoms with van der Waals surface area (Å²) in [6.45, 7) is 14.4. The van der Waals surface area contributed by atoms with Gasteiger partial charge in [0.1, 0.15) is 0 Å². The van der Waals surface area contributed by atoms with Gasteiger partial charge in [-0.1, -0.05) is 24.3 Å². The van der Waals surface area contributed by atoms with Gasteiger partial charge in [0.2, 0.25) is 0 Å². The molecule has 0 fully saturated rings. The minimum Gasteiger partial charge on any atom is -0.545 e. The van der Waals surface area contributed by atoms with Crippen LogP contribution in [0.3, 0.4) is 0 Å². The number of hydrogen-bond acceptors (Lipinski definition) is 5. The summed E-state index contributed by atoms with van der Waals surface area (Å²) in [6, 6.07) is 0. The van der Waals surface area contributed by atoms with Crippen molar-refractivity contribution in [3.05, 3.63) is 62.8 Å². The third-order valence-corrected chi connectivity index (χ3v) is 1.60. The molecule has 0 aliphatic carbocycles. The van der Waals surface area contributed by atoms with E-state index < -0.39 is 11.9 Å². The summed E-state index contributed by atoms with van der Waals surface area (Å²) < 4.78 is 5.38. The molecule has 0 aromatic rings. The van der Waals surface area contributed by atoms with Crippen LogP contribution in [0.2, 0.25) is 0 Å². The molecule has 104 valence electrons. The zero-order valence-corrected chi connectivity index (χ0v) is 13.4. The number of carbonyl (C=O) groups excluding carboxylic acids is 2. The van der Waals surface area contributed by atoms with Crippen molar-refractivity contribution in [2.45, 2.75) is 12.2 Å². The molecule has 0 spiro atoms. The molecule has 0 amide bonds. The van der Waals surface area contributed by atoms with Crippen LogP contribution in [0, 0.1) is 0 Å². The number of ether oxygens (including phenoxy) is 1. The first-order valence-corrected chi connectivity index (χ1v) is 5.16. The standard InChI is InChI=1S/C10H14O.C4H4O4.Ca/c1-5-9(6-2)11-10(7-3)8-4;5-3(6)1-2-4(7)8;/h5-10H,1-4H2;1-2H,(H,5,6)(H,7,8);/q;;+2/p-2/b;2-1-;. The van der Waals surface area contributed by atoms with Gasteiger partial charge in [-0.2, -0.15) is 0 Å². The minimum absolute atomic E-state index is 0. The van der Waals surface area contributed by atoms with Gasteiger partial charge in [0.05, 0.1) is 24.1 Å². The van der Waals surface area contributed by atoms with Crippen molar-refractivity contribution in [2.75, 3.05) is 0 Å². The van der Waals surface area contributed by atoms with Crippen LogP contribution in [0.5, 0.6) is 0 Å². The van der Waals surface area contributed by atoms with Gasteiger partial charge in [0.25, 0.3) is 0 Å². The summed E-state index contributed by atoms with van der Waals surface area (Å²) in [5.41, 5.74) is 0. The number of hydrogen-bond donors (Lipinski definition) is 0. The van der Waals surface area contributed by atoms with Crippen LogP contribution >= 0.6 is 0 Å². The van der Waals surface area contributed by atoms with E-state index in [-0.39, 0.29) is 49.9 Å². The largest absolute Gasteiger partial charge is 2.00 e. The third-order valence-electron chi connectivity index (χ3n) is 1.60. The van der Waals surface area contributed by atoms with Crippen LogP contribution in [0.15, 0.2) is 62.8 Å². The monoisotopic (exact) mass is 304 g/mol. The Labute approximate surface area is 148 Å². The number of rotatable bonds is 8. The van der Waals surface area contributed by atoms with Gasteiger partial charge in [0, 0.05) is 0 Å². The summed E-state index contributed by atoms with van der Waals surface area (Å²) in [7, 11) is 0. The van der Waals surface area contributed by atoms with Crippen LogP contribution in [0.4, 0.5) is 0 Å². The molecule has 0 rings (SSSR count). The van der Waals surface area contributed by atoms with Crippen molar-refractivity contribution in [3.8, 4) is 0 Å². The first-order valence-electron chi connectivity index (χ1n) is 5.16. The van der Waals surface area contributed by atoms with Crippen LogP contribution in [-0.2, 0) is 14.3 Å². The van der Waals surface area contributed by atoms with Gasteiger partial charge in [-0.05, 0) is 12.2 Å². The SMILES string of the molecule is C=CC(C=C)OC(C=C)C=C.O=C([O-])/C=C\C(=O)[O-].[Ca+2]. The van der Waals surface area contributed by atoms with Crippen LogP contribution in [0.1, 0.15) is 0 Å². The fraction of sp³-hybridized carbons (Fsp3) is 0.143. The average molecular weight is 304 g/mol. The number of carboxylic acid groups (broad SMARTS) is 2. The Morgan fingerprint density at radius 2 is 1.05 bits per heavy atom. The molecule has 0 saturated carbocycles. The molecule has 0 aliphatic rings. The molecule has 20 heavy (non-hydrogen) atoms. The van der Waals surface area contributed by atoms with Crippen molar-refractivity contribution in [1.82, 2.24) is 0 Å². The second-order valence-corrected chi connectivity index (χ2v) is 2.98. The molecular weight excluding hydrogens is 288 g/mol. The van der Waals surface area contributed by atoms with Crippen molar-refractivity contribution >= 4 is 49.7 Å². The van der Waals surface area contributed by atoms with Crippen molar-refractivity contribution in [3.63, 3.8) is 0 Å². The van der Waals surface area contributed by atoms with Gasteiger partial charge in [-0.25, -0.2) is 0 Å². The van der Waals surface area contributed by atoms with Crippen LogP contribution in [0.25, 0.3) is 0 Å². The van der Waals surface area contributed by atoms with Crippen molar-refractivity contribution < 1.29 is 24.5 Å². The second kappa shape index (κ2) is 15.9. The summed E-state index contributed by atoms with van der Waals surface area (Å²) in [5.74, 6) is -3.09. The smallest absolute Gasteiger partial charge is 0.545 e. The van der Waals surface area contributed by atoms with E-state index in [0.717, 1.165) is 0 Å². The maximum atomic E-state index is 9.41. The molecule has 5 nitrogen and oxygen atoms in total. The van der Waals surface area contributed by atoms with Crippen LogP contribution < -0.4 is 10.2 Å². The molecule has 0 aromatic heterocycles. The Hall–Kier alpha value is -1.14. The summed E-state index contributed by atoms with van der Waals surface area (Å²) in [5, 5.41) is 18.8. The van der Waals surface area contributed by atoms with Gasteiger partial charge < -0.3 is 24.5 Å². The zero-order chi connectivity index (χ0) is 15.3. The maximum absolute atomic E-state index is 9.41. The predicted molar refractivity (Wildman–Crippen MR) is 74.4 cm³/mol. The quantitative estimate of drug-likeness (QED) is 0.331. The van der Waals surface area contributed by atoms with Crippen molar-refractivity contribution in [2.24, 2.45) is 0 Å². The molecule has 0 saturated heterocycles. The molecule has 0 radical (unpaired) electrons. The Morgan fingerprint density at radius 1 is 0.800 bits per heavy atom. The number of aliphatic carboxylic acids is 2. The molecule has 0 unspecified atom stereocenters. The molecule has 0 aromatic carbocycles. The summed E-state index contributed by atoms with van der Waals surface area (Å²) in [4.78, 5) is 18.8. The van der Waals surface area contributed by atoms with Gasteiger partial charge in [-0.15, -0.1) is 26.3 Å². The molecule has 0 atom stereocenters. The van der Waals surface area contributed by atoms with E-state index in [4.69, 9.17) is 4.74 Å². The van der Waals surface area contributed by atoms with Gasteiger partial charge in [-0.3, -0.25) is 0 Å². The molecule has 0 heterocycles. The van der Waals surface area contributed by atoms with Crippen LogP contribution in [-0.4, -0.2) is 61.9 Å². The molecule has 0 aliphatic heterocycles. The van der Waals surface area contributed by atoms with E-state index in [9.17, 15) is 19.8 Å². The second-order valence-electron chi connectivity index (χ2n) is 2.98. The Bertz CT molecular complexity index is 324. The van der Waals surface area contributed by atoms with E-state index in [1.54, 1.807) is 24.3 Å². The zero-order valence-electron chi connectivity index (χ0n) is 11.2. The van der Waals surface area contributed by atoms with E-state index in [1.165, 1.54) is 0 Å². The van der Waals surface area contributed by atoms with E-state index in [0.29, 0.717) is 12.2 Å². The fourth-order valence-corrected chi connectivity index (χ4v) is 0.732.